The minimum atomic E-state index is 0.847. The quantitative estimate of drug-likeness (QED) is 0.214. The Balaban J connectivity index is 1.77. The lowest BCUT2D eigenvalue weighted by molar-refractivity contribution is 0.414. The first-order valence-electron chi connectivity index (χ1n) is 13.4. The molecule has 5 aromatic carbocycles. The standard InChI is InChI=1S/C36H32O3/c1-5-30-33(23-10-16-27(37-2)17-11-23)35(25-14-20-29(39-4)21-15-25)34(24-12-18-28(38-3)19-13-24)32-22-26-8-6-7-9-31(26)36(30)32/h6-21H,5,22H2,1-4H3. The predicted molar refractivity (Wildman–Crippen MR) is 160 cm³/mol. The Morgan fingerprint density at radius 2 is 0.974 bits per heavy atom. The molecule has 194 valence electrons. The third kappa shape index (κ3) is 4.24. The maximum absolute atomic E-state index is 5.52. The van der Waals surface area contributed by atoms with Crippen molar-refractivity contribution in [2.45, 2.75) is 19.8 Å². The number of ether oxygens (including phenoxy) is 3. The topological polar surface area (TPSA) is 27.7 Å². The molecule has 0 amide bonds. The largest absolute Gasteiger partial charge is 0.497 e. The Kier molecular flexibility index (Phi) is 6.58. The van der Waals surface area contributed by atoms with Gasteiger partial charge < -0.3 is 14.2 Å². The Morgan fingerprint density at radius 3 is 1.46 bits per heavy atom. The molecule has 0 N–H and O–H groups in total. The lowest BCUT2D eigenvalue weighted by Crippen LogP contribution is -2.02. The molecule has 6 rings (SSSR count). The summed E-state index contributed by atoms with van der Waals surface area (Å²) in [6, 6.07) is 34.3. The first kappa shape index (κ1) is 24.8. The van der Waals surface area contributed by atoms with Crippen molar-refractivity contribution in [3.8, 4) is 61.8 Å². The van der Waals surface area contributed by atoms with Crippen molar-refractivity contribution in [1.29, 1.82) is 0 Å². The lowest BCUT2D eigenvalue weighted by Gasteiger charge is -2.25. The van der Waals surface area contributed by atoms with Crippen LogP contribution in [-0.2, 0) is 12.8 Å². The monoisotopic (exact) mass is 512 g/mol. The molecule has 1 aliphatic carbocycles. The van der Waals surface area contributed by atoms with Crippen LogP contribution in [0, 0.1) is 0 Å². The summed E-state index contributed by atoms with van der Waals surface area (Å²) in [4.78, 5) is 0. The zero-order chi connectivity index (χ0) is 26.9. The highest BCUT2D eigenvalue weighted by atomic mass is 16.5. The maximum atomic E-state index is 5.52. The van der Waals surface area contributed by atoms with Crippen molar-refractivity contribution in [3.63, 3.8) is 0 Å². The molecule has 0 fully saturated rings. The number of fused-ring (bicyclic) bond motifs is 3. The van der Waals surface area contributed by atoms with Crippen LogP contribution in [0.25, 0.3) is 44.5 Å². The molecule has 1 aliphatic rings. The van der Waals surface area contributed by atoms with Gasteiger partial charge in [0.25, 0.3) is 0 Å². The van der Waals surface area contributed by atoms with Gasteiger partial charge in [-0.2, -0.15) is 0 Å². The molecular formula is C36H32O3. The lowest BCUT2D eigenvalue weighted by atomic mass is 9.78. The SMILES string of the molecule is CCc1c2c(c(-c3ccc(OC)cc3)c(-c3ccc(OC)cc3)c1-c1ccc(OC)cc1)Cc1ccccc1-2. The zero-order valence-corrected chi connectivity index (χ0v) is 22.9. The Morgan fingerprint density at radius 1 is 0.513 bits per heavy atom. The number of rotatable bonds is 7. The highest BCUT2D eigenvalue weighted by Gasteiger charge is 2.31. The zero-order valence-electron chi connectivity index (χ0n) is 22.9. The van der Waals surface area contributed by atoms with Gasteiger partial charge in [-0.05, 0) is 110 Å². The van der Waals surface area contributed by atoms with Crippen LogP contribution < -0.4 is 14.2 Å². The normalized spacial score (nSPS) is 11.6. The molecule has 0 atom stereocenters. The molecule has 39 heavy (non-hydrogen) atoms. The molecule has 0 heterocycles. The molecule has 0 aromatic heterocycles. The van der Waals surface area contributed by atoms with Gasteiger partial charge in [-0.3, -0.25) is 0 Å². The van der Waals surface area contributed by atoms with Gasteiger partial charge in [0.05, 0.1) is 21.3 Å². The molecule has 0 saturated heterocycles. The summed E-state index contributed by atoms with van der Waals surface area (Å²) in [5, 5.41) is 0. The van der Waals surface area contributed by atoms with E-state index in [1.807, 2.05) is 0 Å². The first-order chi connectivity index (χ1) is 19.2. The van der Waals surface area contributed by atoms with E-state index in [0.29, 0.717) is 0 Å². The number of hydrogen-bond acceptors (Lipinski definition) is 3. The molecule has 3 heteroatoms. The number of methoxy groups -OCH3 is 3. The molecule has 0 bridgehead atoms. The van der Waals surface area contributed by atoms with Gasteiger partial charge in [-0.15, -0.1) is 0 Å². The van der Waals surface area contributed by atoms with Crippen LogP contribution in [0.2, 0.25) is 0 Å². The third-order valence-corrected chi connectivity index (χ3v) is 7.85. The fourth-order valence-electron chi connectivity index (χ4n) is 6.02. The second-order valence-corrected chi connectivity index (χ2v) is 9.83. The molecule has 5 aromatic rings. The van der Waals surface area contributed by atoms with E-state index in [4.69, 9.17) is 14.2 Å². The maximum Gasteiger partial charge on any atom is 0.118 e. The van der Waals surface area contributed by atoms with Gasteiger partial charge in [0.15, 0.2) is 0 Å². The molecule has 0 saturated carbocycles. The molecule has 3 nitrogen and oxygen atoms in total. The van der Waals surface area contributed by atoms with Crippen LogP contribution in [0.4, 0.5) is 0 Å². The van der Waals surface area contributed by atoms with Gasteiger partial charge in [0.1, 0.15) is 17.2 Å². The first-order valence-corrected chi connectivity index (χ1v) is 13.4. The number of hydrogen-bond donors (Lipinski definition) is 0. The summed E-state index contributed by atoms with van der Waals surface area (Å²) in [6.07, 6.45) is 1.83. The van der Waals surface area contributed by atoms with Gasteiger partial charge in [0, 0.05) is 0 Å². The van der Waals surface area contributed by atoms with Gasteiger partial charge in [-0.1, -0.05) is 67.6 Å². The van der Waals surface area contributed by atoms with E-state index in [1.54, 1.807) is 21.3 Å². The molecule has 0 spiro atoms. The van der Waals surface area contributed by atoms with Crippen molar-refractivity contribution in [3.05, 3.63) is 114 Å². The Hall–Kier alpha value is -4.50. The molecule has 0 aliphatic heterocycles. The van der Waals surface area contributed by atoms with Crippen LogP contribution in [0.15, 0.2) is 97.1 Å². The van der Waals surface area contributed by atoms with Crippen molar-refractivity contribution >= 4 is 0 Å². The van der Waals surface area contributed by atoms with Crippen LogP contribution in [-0.4, -0.2) is 21.3 Å². The second kappa shape index (κ2) is 10.3. The molecular weight excluding hydrogens is 480 g/mol. The van der Waals surface area contributed by atoms with E-state index in [9.17, 15) is 0 Å². The summed E-state index contributed by atoms with van der Waals surface area (Å²) in [5.74, 6) is 2.55. The Labute approximate surface area is 230 Å². The van der Waals surface area contributed by atoms with Crippen molar-refractivity contribution < 1.29 is 14.2 Å². The van der Waals surface area contributed by atoms with Crippen LogP contribution in [0.1, 0.15) is 23.6 Å². The highest BCUT2D eigenvalue weighted by molar-refractivity contribution is 6.04. The van der Waals surface area contributed by atoms with Gasteiger partial charge >= 0.3 is 0 Å². The van der Waals surface area contributed by atoms with E-state index < -0.39 is 0 Å². The highest BCUT2D eigenvalue weighted by Crippen LogP contribution is 2.53. The van der Waals surface area contributed by atoms with Crippen molar-refractivity contribution in [2.24, 2.45) is 0 Å². The van der Waals surface area contributed by atoms with E-state index >= 15 is 0 Å². The van der Waals surface area contributed by atoms with E-state index in [0.717, 1.165) is 30.1 Å². The summed E-state index contributed by atoms with van der Waals surface area (Å²) >= 11 is 0. The van der Waals surface area contributed by atoms with Crippen LogP contribution >= 0.6 is 0 Å². The second-order valence-electron chi connectivity index (χ2n) is 9.83. The molecule has 0 radical (unpaired) electrons. The fourth-order valence-corrected chi connectivity index (χ4v) is 6.02. The predicted octanol–water partition coefficient (Wildman–Crippen LogP) is 8.85. The average molecular weight is 513 g/mol. The minimum Gasteiger partial charge on any atom is -0.497 e. The minimum absolute atomic E-state index is 0.847. The van der Waals surface area contributed by atoms with E-state index in [1.165, 1.54) is 61.2 Å². The Bertz CT molecular complexity index is 1630. The summed E-state index contributed by atoms with van der Waals surface area (Å²) in [5.41, 5.74) is 14.2. The van der Waals surface area contributed by atoms with Crippen LogP contribution in [0.5, 0.6) is 17.2 Å². The third-order valence-electron chi connectivity index (χ3n) is 7.85. The van der Waals surface area contributed by atoms with E-state index in [-0.39, 0.29) is 0 Å². The number of benzene rings is 5. The summed E-state index contributed by atoms with van der Waals surface area (Å²) in [6.45, 7) is 2.27. The van der Waals surface area contributed by atoms with E-state index in [2.05, 4.69) is 104 Å². The summed E-state index contributed by atoms with van der Waals surface area (Å²) in [7, 11) is 5.13. The smallest absolute Gasteiger partial charge is 0.118 e. The van der Waals surface area contributed by atoms with Gasteiger partial charge in [0.2, 0.25) is 0 Å². The fraction of sp³-hybridized carbons (Fsp3) is 0.167. The van der Waals surface area contributed by atoms with Crippen LogP contribution in [0.3, 0.4) is 0 Å². The summed E-state index contributed by atoms with van der Waals surface area (Å²) < 4.78 is 16.5. The van der Waals surface area contributed by atoms with Gasteiger partial charge in [-0.25, -0.2) is 0 Å². The molecule has 0 unspecified atom stereocenters. The van der Waals surface area contributed by atoms with Crippen molar-refractivity contribution in [1.82, 2.24) is 0 Å². The van der Waals surface area contributed by atoms with Crippen molar-refractivity contribution in [2.75, 3.05) is 21.3 Å². The average Bonchev–Trinajstić information content (AvgIpc) is 3.39.